The zero-order valence-electron chi connectivity index (χ0n) is 8.34. The van der Waals surface area contributed by atoms with Crippen LogP contribution in [0.15, 0.2) is 23.0 Å². The summed E-state index contributed by atoms with van der Waals surface area (Å²) in [4.78, 5) is 16.6. The van der Waals surface area contributed by atoms with Crippen molar-refractivity contribution >= 4 is 11.0 Å². The van der Waals surface area contributed by atoms with Crippen molar-refractivity contribution in [3.8, 4) is 0 Å². The standard InChI is InChI=1S/C11H13N3O/c15-11-13-9-4-3-7(6-10(9)14-11)8-2-1-5-12-8/h3-4,6,8,12H,1-2,5H2,(H2,13,14,15). The van der Waals surface area contributed by atoms with Crippen molar-refractivity contribution < 1.29 is 0 Å². The summed E-state index contributed by atoms with van der Waals surface area (Å²) in [5.41, 5.74) is 2.89. The molecule has 1 aromatic heterocycles. The quantitative estimate of drug-likeness (QED) is 0.654. The fourth-order valence-electron chi connectivity index (χ4n) is 2.24. The molecule has 2 heterocycles. The summed E-state index contributed by atoms with van der Waals surface area (Å²) < 4.78 is 0. The van der Waals surface area contributed by atoms with Crippen LogP contribution in [-0.4, -0.2) is 16.5 Å². The topological polar surface area (TPSA) is 60.7 Å². The number of hydrogen-bond acceptors (Lipinski definition) is 2. The molecule has 2 aromatic rings. The number of imidazole rings is 1. The largest absolute Gasteiger partial charge is 0.323 e. The van der Waals surface area contributed by atoms with Gasteiger partial charge in [0.1, 0.15) is 0 Å². The molecular weight excluding hydrogens is 190 g/mol. The van der Waals surface area contributed by atoms with Gasteiger partial charge in [-0.15, -0.1) is 0 Å². The number of aromatic amines is 2. The van der Waals surface area contributed by atoms with Crippen LogP contribution in [0.1, 0.15) is 24.4 Å². The molecule has 1 fully saturated rings. The highest BCUT2D eigenvalue weighted by atomic mass is 16.1. The van der Waals surface area contributed by atoms with Crippen LogP contribution in [-0.2, 0) is 0 Å². The highest BCUT2D eigenvalue weighted by molar-refractivity contribution is 5.75. The van der Waals surface area contributed by atoms with Crippen molar-refractivity contribution in [1.82, 2.24) is 15.3 Å². The lowest BCUT2D eigenvalue weighted by molar-refractivity contribution is 0.648. The van der Waals surface area contributed by atoms with Crippen LogP contribution in [0, 0.1) is 0 Å². The molecule has 0 spiro atoms. The Morgan fingerprint density at radius 2 is 2.07 bits per heavy atom. The van der Waals surface area contributed by atoms with E-state index in [4.69, 9.17) is 0 Å². The third kappa shape index (κ3) is 1.47. The van der Waals surface area contributed by atoms with E-state index in [0.29, 0.717) is 6.04 Å². The van der Waals surface area contributed by atoms with Gasteiger partial charge in [-0.3, -0.25) is 0 Å². The van der Waals surface area contributed by atoms with Gasteiger partial charge in [-0.2, -0.15) is 0 Å². The van der Waals surface area contributed by atoms with E-state index in [9.17, 15) is 4.79 Å². The van der Waals surface area contributed by atoms with E-state index >= 15 is 0 Å². The molecule has 1 atom stereocenters. The number of H-pyrrole nitrogens is 2. The van der Waals surface area contributed by atoms with E-state index in [-0.39, 0.29) is 5.69 Å². The Balaban J connectivity index is 2.08. The van der Waals surface area contributed by atoms with Gasteiger partial charge in [0.15, 0.2) is 0 Å². The van der Waals surface area contributed by atoms with Gasteiger partial charge < -0.3 is 15.3 Å². The molecule has 3 N–H and O–H groups in total. The van der Waals surface area contributed by atoms with Crippen molar-refractivity contribution in [3.63, 3.8) is 0 Å². The Hall–Kier alpha value is -1.55. The van der Waals surface area contributed by atoms with Gasteiger partial charge >= 0.3 is 5.69 Å². The van der Waals surface area contributed by atoms with E-state index in [0.717, 1.165) is 17.6 Å². The molecule has 1 aliphatic heterocycles. The van der Waals surface area contributed by atoms with Crippen LogP contribution in [0.25, 0.3) is 11.0 Å². The van der Waals surface area contributed by atoms with E-state index in [1.165, 1.54) is 18.4 Å². The van der Waals surface area contributed by atoms with Gasteiger partial charge in [-0.05, 0) is 37.1 Å². The second kappa shape index (κ2) is 3.24. The molecule has 0 saturated carbocycles. The Morgan fingerprint density at radius 3 is 2.87 bits per heavy atom. The summed E-state index contributed by atoms with van der Waals surface area (Å²) in [7, 11) is 0. The second-order valence-corrected chi connectivity index (χ2v) is 4.03. The van der Waals surface area contributed by atoms with Crippen molar-refractivity contribution in [2.45, 2.75) is 18.9 Å². The maximum Gasteiger partial charge on any atom is 0.323 e. The van der Waals surface area contributed by atoms with E-state index in [1.54, 1.807) is 0 Å². The highest BCUT2D eigenvalue weighted by Gasteiger charge is 2.16. The van der Waals surface area contributed by atoms with Crippen LogP contribution in [0.3, 0.4) is 0 Å². The number of benzene rings is 1. The first-order valence-electron chi connectivity index (χ1n) is 5.28. The summed E-state index contributed by atoms with van der Waals surface area (Å²) >= 11 is 0. The minimum Gasteiger partial charge on any atom is -0.310 e. The zero-order valence-corrected chi connectivity index (χ0v) is 8.34. The Labute approximate surface area is 86.7 Å². The lowest BCUT2D eigenvalue weighted by Gasteiger charge is -2.09. The molecule has 0 amide bonds. The Bertz CT molecular complexity index is 534. The summed E-state index contributed by atoms with van der Waals surface area (Å²) in [6, 6.07) is 6.54. The number of aromatic nitrogens is 2. The molecule has 1 saturated heterocycles. The van der Waals surface area contributed by atoms with Crippen molar-refractivity contribution in [2.24, 2.45) is 0 Å². The van der Waals surface area contributed by atoms with Gasteiger partial charge in [0, 0.05) is 6.04 Å². The molecule has 15 heavy (non-hydrogen) atoms. The van der Waals surface area contributed by atoms with Gasteiger partial charge in [0.25, 0.3) is 0 Å². The first kappa shape index (κ1) is 8.73. The number of rotatable bonds is 1. The summed E-state index contributed by atoms with van der Waals surface area (Å²) in [6.07, 6.45) is 2.41. The maximum absolute atomic E-state index is 11.1. The zero-order chi connectivity index (χ0) is 10.3. The molecule has 1 unspecified atom stereocenters. The number of hydrogen-bond donors (Lipinski definition) is 3. The third-order valence-corrected chi connectivity index (χ3v) is 3.00. The second-order valence-electron chi connectivity index (χ2n) is 4.03. The Kier molecular flexibility index (Phi) is 1.89. The van der Waals surface area contributed by atoms with E-state index < -0.39 is 0 Å². The fraction of sp³-hybridized carbons (Fsp3) is 0.364. The van der Waals surface area contributed by atoms with Crippen LogP contribution < -0.4 is 11.0 Å². The average molecular weight is 203 g/mol. The molecule has 0 radical (unpaired) electrons. The molecule has 1 aromatic carbocycles. The van der Waals surface area contributed by atoms with Crippen LogP contribution in [0.4, 0.5) is 0 Å². The smallest absolute Gasteiger partial charge is 0.310 e. The predicted molar refractivity (Wildman–Crippen MR) is 58.9 cm³/mol. The molecule has 4 nitrogen and oxygen atoms in total. The number of fused-ring (bicyclic) bond motifs is 1. The first-order valence-corrected chi connectivity index (χ1v) is 5.28. The molecule has 0 aliphatic carbocycles. The van der Waals surface area contributed by atoms with Crippen molar-refractivity contribution in [3.05, 3.63) is 34.2 Å². The lowest BCUT2D eigenvalue weighted by Crippen LogP contribution is -2.12. The van der Waals surface area contributed by atoms with Gasteiger partial charge in [-0.1, -0.05) is 6.07 Å². The van der Waals surface area contributed by atoms with Crippen LogP contribution in [0.2, 0.25) is 0 Å². The van der Waals surface area contributed by atoms with Crippen LogP contribution in [0.5, 0.6) is 0 Å². The third-order valence-electron chi connectivity index (χ3n) is 3.00. The number of nitrogens with one attached hydrogen (secondary N) is 3. The molecule has 78 valence electrons. The van der Waals surface area contributed by atoms with Gasteiger partial charge in [-0.25, -0.2) is 4.79 Å². The summed E-state index contributed by atoms with van der Waals surface area (Å²) in [5.74, 6) is 0. The first-order chi connectivity index (χ1) is 7.33. The monoisotopic (exact) mass is 203 g/mol. The van der Waals surface area contributed by atoms with E-state index in [1.807, 2.05) is 6.07 Å². The molecule has 0 bridgehead atoms. The fourth-order valence-corrected chi connectivity index (χ4v) is 2.24. The molecule has 3 rings (SSSR count). The van der Waals surface area contributed by atoms with Crippen molar-refractivity contribution in [1.29, 1.82) is 0 Å². The maximum atomic E-state index is 11.1. The average Bonchev–Trinajstić information content (AvgIpc) is 2.82. The Morgan fingerprint density at radius 1 is 1.20 bits per heavy atom. The van der Waals surface area contributed by atoms with Crippen LogP contribution >= 0.6 is 0 Å². The lowest BCUT2D eigenvalue weighted by atomic mass is 10.1. The molecular formula is C11H13N3O. The normalized spacial score (nSPS) is 21.2. The SMILES string of the molecule is O=c1[nH]c2ccc(C3CCCN3)cc2[nH]1. The summed E-state index contributed by atoms with van der Waals surface area (Å²) in [6.45, 7) is 1.09. The predicted octanol–water partition coefficient (Wildman–Crippen LogP) is 1.28. The van der Waals surface area contributed by atoms with Gasteiger partial charge in [0.2, 0.25) is 0 Å². The van der Waals surface area contributed by atoms with Crippen molar-refractivity contribution in [2.75, 3.05) is 6.54 Å². The molecule has 1 aliphatic rings. The van der Waals surface area contributed by atoms with Gasteiger partial charge in [0.05, 0.1) is 11.0 Å². The minimum absolute atomic E-state index is 0.137. The molecule has 4 heteroatoms. The highest BCUT2D eigenvalue weighted by Crippen LogP contribution is 2.24. The summed E-state index contributed by atoms with van der Waals surface area (Å²) in [5, 5.41) is 3.44. The van der Waals surface area contributed by atoms with E-state index in [2.05, 4.69) is 27.4 Å². The minimum atomic E-state index is -0.137.